The molecule has 1 fully saturated rings. The summed E-state index contributed by atoms with van der Waals surface area (Å²) in [4.78, 5) is 12.7. The second-order valence-corrected chi connectivity index (χ2v) is 8.53. The molecule has 0 bridgehead atoms. The van der Waals surface area contributed by atoms with Crippen molar-refractivity contribution in [1.82, 2.24) is 0 Å². The third-order valence-electron chi connectivity index (χ3n) is 6.61. The smallest absolute Gasteiger partial charge is 0.158 e. The van der Waals surface area contributed by atoms with Crippen molar-refractivity contribution < 1.29 is 15.0 Å². The van der Waals surface area contributed by atoms with Gasteiger partial charge in [-0.2, -0.15) is 0 Å². The molecule has 3 rings (SSSR count). The maximum Gasteiger partial charge on any atom is 0.158 e. The summed E-state index contributed by atoms with van der Waals surface area (Å²) in [5.74, 6) is 0.904. The maximum absolute atomic E-state index is 12.7. The molecule has 2 atom stereocenters. The van der Waals surface area contributed by atoms with Crippen molar-refractivity contribution in [3.63, 3.8) is 0 Å². The van der Waals surface area contributed by atoms with Gasteiger partial charge in [0.05, 0.1) is 0 Å². The van der Waals surface area contributed by atoms with Gasteiger partial charge in [-0.15, -0.1) is 0 Å². The van der Waals surface area contributed by atoms with Gasteiger partial charge in [0.1, 0.15) is 11.5 Å². The molecule has 0 radical (unpaired) electrons. The Morgan fingerprint density at radius 3 is 2.58 bits per heavy atom. The molecule has 2 N–H and O–H groups in total. The molecule has 0 saturated heterocycles. The molecule has 130 valence electrons. The van der Waals surface area contributed by atoms with E-state index in [1.54, 1.807) is 6.07 Å². The van der Waals surface area contributed by atoms with E-state index < -0.39 is 0 Å². The molecule has 3 heteroatoms. The Hall–Kier alpha value is -1.77. The molecule has 1 saturated carbocycles. The van der Waals surface area contributed by atoms with E-state index in [1.165, 1.54) is 12.1 Å². The fourth-order valence-electron chi connectivity index (χ4n) is 5.16. The Morgan fingerprint density at radius 1 is 1.17 bits per heavy atom. The summed E-state index contributed by atoms with van der Waals surface area (Å²) in [6, 6.07) is 4.62. The number of phenolic OH excluding ortho intramolecular Hbond substituents is 2. The Morgan fingerprint density at radius 2 is 1.88 bits per heavy atom. The summed E-state index contributed by atoms with van der Waals surface area (Å²) in [6.07, 6.45) is 4.56. The lowest BCUT2D eigenvalue weighted by Crippen LogP contribution is -2.47. The SMILES string of the molecule is CC1=C(Cc2cc(O)ccc2O)C2(C)CCCC(C)(C)C2CC1=O. The van der Waals surface area contributed by atoms with E-state index in [4.69, 9.17) is 0 Å². The second kappa shape index (κ2) is 5.65. The second-order valence-electron chi connectivity index (χ2n) is 8.53. The Labute approximate surface area is 144 Å². The zero-order valence-electron chi connectivity index (χ0n) is 15.1. The largest absolute Gasteiger partial charge is 0.508 e. The van der Waals surface area contributed by atoms with Crippen molar-refractivity contribution in [2.45, 2.75) is 59.8 Å². The maximum atomic E-state index is 12.7. The van der Waals surface area contributed by atoms with Crippen molar-refractivity contribution in [3.8, 4) is 11.5 Å². The molecule has 24 heavy (non-hydrogen) atoms. The Bertz CT molecular complexity index is 714. The van der Waals surface area contributed by atoms with Crippen LogP contribution in [-0.2, 0) is 11.2 Å². The molecule has 2 aliphatic carbocycles. The van der Waals surface area contributed by atoms with Gasteiger partial charge in [0.25, 0.3) is 0 Å². The summed E-state index contributed by atoms with van der Waals surface area (Å²) in [7, 11) is 0. The minimum absolute atomic E-state index is 0.0162. The van der Waals surface area contributed by atoms with Gasteiger partial charge in [-0.25, -0.2) is 0 Å². The number of fused-ring (bicyclic) bond motifs is 1. The molecular formula is C21H28O3. The third-order valence-corrected chi connectivity index (χ3v) is 6.61. The van der Waals surface area contributed by atoms with E-state index in [-0.39, 0.29) is 28.1 Å². The standard InChI is InChI=1S/C21H28O3/c1-13-16(11-14-10-15(22)6-7-17(14)23)21(4)9-5-8-20(2,3)19(21)12-18(13)24/h6-7,10,19,22-23H,5,8-9,11-12H2,1-4H3. The quantitative estimate of drug-likeness (QED) is 0.769. The van der Waals surface area contributed by atoms with Crippen LogP contribution >= 0.6 is 0 Å². The average molecular weight is 328 g/mol. The summed E-state index contributed by atoms with van der Waals surface area (Å²) in [5, 5.41) is 20.0. The van der Waals surface area contributed by atoms with E-state index in [0.717, 1.165) is 30.4 Å². The van der Waals surface area contributed by atoms with Crippen LogP contribution < -0.4 is 0 Å². The molecule has 0 aliphatic heterocycles. The number of hydrogen-bond acceptors (Lipinski definition) is 3. The zero-order chi connectivity index (χ0) is 17.7. The van der Waals surface area contributed by atoms with Gasteiger partial charge < -0.3 is 10.2 Å². The fourth-order valence-corrected chi connectivity index (χ4v) is 5.16. The van der Waals surface area contributed by atoms with Crippen molar-refractivity contribution >= 4 is 5.78 Å². The van der Waals surface area contributed by atoms with Gasteiger partial charge in [-0.3, -0.25) is 4.79 Å². The van der Waals surface area contributed by atoms with Crippen molar-refractivity contribution in [1.29, 1.82) is 0 Å². The molecular weight excluding hydrogens is 300 g/mol. The molecule has 3 nitrogen and oxygen atoms in total. The molecule has 0 heterocycles. The normalized spacial score (nSPS) is 29.5. The average Bonchev–Trinajstić information content (AvgIpc) is 2.49. The van der Waals surface area contributed by atoms with Crippen LogP contribution in [0.2, 0.25) is 0 Å². The first kappa shape index (κ1) is 17.1. The van der Waals surface area contributed by atoms with Gasteiger partial charge in [0.2, 0.25) is 0 Å². The lowest BCUT2D eigenvalue weighted by atomic mass is 9.49. The van der Waals surface area contributed by atoms with Crippen LogP contribution in [0.15, 0.2) is 29.3 Å². The molecule has 0 amide bonds. The number of carbonyl (C=O) groups is 1. The highest BCUT2D eigenvalue weighted by Gasteiger charge is 2.51. The van der Waals surface area contributed by atoms with Crippen LogP contribution in [0.5, 0.6) is 11.5 Å². The van der Waals surface area contributed by atoms with Gasteiger partial charge >= 0.3 is 0 Å². The number of allylic oxidation sites excluding steroid dienone is 2. The Kier molecular flexibility index (Phi) is 4.01. The monoisotopic (exact) mass is 328 g/mol. The predicted octanol–water partition coefficient (Wildman–Crippen LogP) is 4.76. The van der Waals surface area contributed by atoms with Crippen LogP contribution in [0, 0.1) is 16.7 Å². The third kappa shape index (κ3) is 2.64. The van der Waals surface area contributed by atoms with Gasteiger partial charge in [-0.05, 0) is 66.7 Å². The zero-order valence-corrected chi connectivity index (χ0v) is 15.1. The highest BCUT2D eigenvalue weighted by Crippen LogP contribution is 2.59. The molecule has 1 aromatic rings. The van der Waals surface area contributed by atoms with E-state index in [0.29, 0.717) is 24.3 Å². The van der Waals surface area contributed by atoms with Crippen LogP contribution in [-0.4, -0.2) is 16.0 Å². The van der Waals surface area contributed by atoms with Crippen LogP contribution in [0.3, 0.4) is 0 Å². The molecule has 1 aromatic carbocycles. The number of phenols is 2. The van der Waals surface area contributed by atoms with Crippen LogP contribution in [0.1, 0.15) is 58.9 Å². The Balaban J connectivity index is 2.08. The van der Waals surface area contributed by atoms with Gasteiger partial charge in [0, 0.05) is 12.0 Å². The number of rotatable bonds is 2. The molecule has 2 aliphatic rings. The summed E-state index contributed by atoms with van der Waals surface area (Å²) < 4.78 is 0. The van der Waals surface area contributed by atoms with Crippen LogP contribution in [0.4, 0.5) is 0 Å². The molecule has 0 aromatic heterocycles. The van der Waals surface area contributed by atoms with Gasteiger partial charge in [-0.1, -0.05) is 32.8 Å². The number of Topliss-reactive ketones (excluding diaryl/α,β-unsaturated/α-hetero) is 1. The first-order valence-electron chi connectivity index (χ1n) is 8.89. The highest BCUT2D eigenvalue weighted by atomic mass is 16.3. The highest BCUT2D eigenvalue weighted by molar-refractivity contribution is 5.97. The van der Waals surface area contributed by atoms with E-state index in [2.05, 4.69) is 20.8 Å². The molecule has 2 unspecified atom stereocenters. The predicted molar refractivity (Wildman–Crippen MR) is 95.0 cm³/mol. The van der Waals surface area contributed by atoms with Gasteiger partial charge in [0.15, 0.2) is 5.78 Å². The number of aromatic hydroxyl groups is 2. The van der Waals surface area contributed by atoms with Crippen molar-refractivity contribution in [2.24, 2.45) is 16.7 Å². The first-order chi connectivity index (χ1) is 11.1. The van der Waals surface area contributed by atoms with Crippen LogP contribution in [0.25, 0.3) is 0 Å². The topological polar surface area (TPSA) is 57.5 Å². The lowest BCUT2D eigenvalue weighted by Gasteiger charge is -2.54. The number of ketones is 1. The number of benzene rings is 1. The fraction of sp³-hybridized carbons (Fsp3) is 0.571. The van der Waals surface area contributed by atoms with Crippen molar-refractivity contribution in [2.75, 3.05) is 0 Å². The van der Waals surface area contributed by atoms with Crippen molar-refractivity contribution in [3.05, 3.63) is 34.9 Å². The minimum Gasteiger partial charge on any atom is -0.508 e. The number of carbonyl (C=O) groups excluding carboxylic acids is 1. The van der Waals surface area contributed by atoms with E-state index in [9.17, 15) is 15.0 Å². The summed E-state index contributed by atoms with van der Waals surface area (Å²) >= 11 is 0. The van der Waals surface area contributed by atoms with E-state index >= 15 is 0 Å². The summed E-state index contributed by atoms with van der Waals surface area (Å²) in [6.45, 7) is 8.79. The summed E-state index contributed by atoms with van der Waals surface area (Å²) in [5.41, 5.74) is 2.83. The number of hydrogen-bond donors (Lipinski definition) is 2. The lowest BCUT2D eigenvalue weighted by molar-refractivity contribution is -0.121. The minimum atomic E-state index is -0.0162. The first-order valence-corrected chi connectivity index (χ1v) is 8.89. The van der Waals surface area contributed by atoms with E-state index in [1.807, 2.05) is 6.92 Å². The molecule has 0 spiro atoms.